The van der Waals surface area contributed by atoms with Gasteiger partial charge in [0.05, 0.1) is 16.9 Å². The zero-order chi connectivity index (χ0) is 9.84. The van der Waals surface area contributed by atoms with E-state index in [-0.39, 0.29) is 5.56 Å². The molecule has 1 aromatic rings. The van der Waals surface area contributed by atoms with Crippen molar-refractivity contribution in [3.8, 4) is 0 Å². The molecule has 0 spiro atoms. The summed E-state index contributed by atoms with van der Waals surface area (Å²) in [6, 6.07) is 4.39. The highest BCUT2D eigenvalue weighted by molar-refractivity contribution is 5.90. The van der Waals surface area contributed by atoms with Gasteiger partial charge in [-0.2, -0.15) is 0 Å². The number of nitrogens with zero attached hydrogens (tertiary/aromatic N) is 2. The summed E-state index contributed by atoms with van der Waals surface area (Å²) in [4.78, 5) is 17.9. The Kier molecular flexibility index (Phi) is 2.54. The van der Waals surface area contributed by atoms with Crippen LogP contribution in [-0.2, 0) is 0 Å². The van der Waals surface area contributed by atoms with E-state index in [2.05, 4.69) is 23.4 Å². The van der Waals surface area contributed by atoms with Crippen molar-refractivity contribution in [3.63, 3.8) is 0 Å². The molecule has 0 aliphatic rings. The summed E-state index contributed by atoms with van der Waals surface area (Å²) >= 11 is 0. The molecule has 1 aromatic carbocycles. The van der Waals surface area contributed by atoms with Crippen molar-refractivity contribution in [3.05, 3.63) is 23.8 Å². The standard InChI is InChI=1S/C9H8N2O2/c1-10-7-4-3-6(9(12)13)5-8(7)11-2/h3-5H,1-2H2,(H,12,13). The van der Waals surface area contributed by atoms with Gasteiger partial charge in [-0.1, -0.05) is 0 Å². The molecular formula is C9H8N2O2. The average molecular weight is 176 g/mol. The summed E-state index contributed by atoms with van der Waals surface area (Å²) in [6.45, 7) is 6.64. The molecule has 0 bridgehead atoms. The summed E-state index contributed by atoms with van der Waals surface area (Å²) in [5.41, 5.74) is 1.12. The van der Waals surface area contributed by atoms with Crippen molar-refractivity contribution >= 4 is 30.8 Å². The van der Waals surface area contributed by atoms with Crippen molar-refractivity contribution in [2.45, 2.75) is 0 Å². The third-order valence-electron chi connectivity index (χ3n) is 1.56. The molecule has 0 saturated heterocycles. The van der Waals surface area contributed by atoms with Crippen LogP contribution in [0.15, 0.2) is 28.2 Å². The summed E-state index contributed by atoms with van der Waals surface area (Å²) in [6.07, 6.45) is 0. The lowest BCUT2D eigenvalue weighted by Gasteiger charge is -2.00. The van der Waals surface area contributed by atoms with Gasteiger partial charge in [-0.25, -0.2) is 4.79 Å². The second-order valence-electron chi connectivity index (χ2n) is 2.32. The van der Waals surface area contributed by atoms with Gasteiger partial charge in [0.25, 0.3) is 0 Å². The van der Waals surface area contributed by atoms with Crippen molar-refractivity contribution in [2.75, 3.05) is 0 Å². The normalized spacial score (nSPS) is 9.23. The molecular weight excluding hydrogens is 168 g/mol. The zero-order valence-corrected chi connectivity index (χ0v) is 6.90. The third-order valence-corrected chi connectivity index (χ3v) is 1.56. The molecule has 0 atom stereocenters. The maximum atomic E-state index is 10.6. The summed E-state index contributed by atoms with van der Waals surface area (Å²) < 4.78 is 0. The van der Waals surface area contributed by atoms with Crippen LogP contribution in [0.1, 0.15) is 10.4 Å². The van der Waals surface area contributed by atoms with E-state index in [1.807, 2.05) is 0 Å². The Morgan fingerprint density at radius 2 is 1.85 bits per heavy atom. The lowest BCUT2D eigenvalue weighted by atomic mass is 10.2. The molecule has 0 aromatic heterocycles. The van der Waals surface area contributed by atoms with Crippen molar-refractivity contribution in [1.82, 2.24) is 0 Å². The molecule has 0 aliphatic carbocycles. The molecule has 4 heteroatoms. The highest BCUT2D eigenvalue weighted by Crippen LogP contribution is 2.27. The van der Waals surface area contributed by atoms with E-state index in [0.717, 1.165) is 0 Å². The topological polar surface area (TPSA) is 62.0 Å². The smallest absolute Gasteiger partial charge is 0.335 e. The molecule has 1 N–H and O–H groups in total. The lowest BCUT2D eigenvalue weighted by molar-refractivity contribution is 0.0697. The maximum absolute atomic E-state index is 10.6. The number of hydrogen-bond donors (Lipinski definition) is 1. The number of rotatable bonds is 3. The van der Waals surface area contributed by atoms with Crippen molar-refractivity contribution in [1.29, 1.82) is 0 Å². The minimum Gasteiger partial charge on any atom is -0.478 e. The van der Waals surface area contributed by atoms with E-state index < -0.39 is 5.97 Å². The largest absolute Gasteiger partial charge is 0.478 e. The Bertz CT molecular complexity index is 372. The summed E-state index contributed by atoms with van der Waals surface area (Å²) in [7, 11) is 0. The van der Waals surface area contributed by atoms with E-state index in [9.17, 15) is 4.79 Å². The van der Waals surface area contributed by atoms with Gasteiger partial charge in [0.1, 0.15) is 0 Å². The molecule has 1 rings (SSSR count). The number of aliphatic imine (C=N–C) groups is 2. The van der Waals surface area contributed by atoms with Crippen LogP contribution in [0.5, 0.6) is 0 Å². The van der Waals surface area contributed by atoms with Crippen LogP contribution in [0.2, 0.25) is 0 Å². The quantitative estimate of drug-likeness (QED) is 0.716. The van der Waals surface area contributed by atoms with Gasteiger partial charge >= 0.3 is 5.97 Å². The van der Waals surface area contributed by atoms with Crippen molar-refractivity contribution < 1.29 is 9.90 Å². The number of carboxylic acid groups (broad SMARTS) is 1. The zero-order valence-electron chi connectivity index (χ0n) is 6.90. The number of aromatic carboxylic acids is 1. The molecule has 0 heterocycles. The van der Waals surface area contributed by atoms with Gasteiger partial charge in [0, 0.05) is 0 Å². The fourth-order valence-corrected chi connectivity index (χ4v) is 0.917. The highest BCUT2D eigenvalue weighted by Gasteiger charge is 2.05. The molecule has 0 saturated carbocycles. The lowest BCUT2D eigenvalue weighted by Crippen LogP contribution is -1.94. The number of benzene rings is 1. The van der Waals surface area contributed by atoms with Crippen LogP contribution in [0, 0.1) is 0 Å². The van der Waals surface area contributed by atoms with E-state index in [1.165, 1.54) is 12.1 Å². The Balaban J connectivity index is 3.28. The Labute approximate surface area is 75.3 Å². The highest BCUT2D eigenvalue weighted by atomic mass is 16.4. The van der Waals surface area contributed by atoms with E-state index in [4.69, 9.17) is 5.11 Å². The van der Waals surface area contributed by atoms with Crippen LogP contribution in [0.4, 0.5) is 11.4 Å². The fraction of sp³-hybridized carbons (Fsp3) is 0. The number of carbonyl (C=O) groups is 1. The van der Waals surface area contributed by atoms with Crippen LogP contribution in [0.25, 0.3) is 0 Å². The Morgan fingerprint density at radius 1 is 1.23 bits per heavy atom. The van der Waals surface area contributed by atoms with E-state index >= 15 is 0 Å². The van der Waals surface area contributed by atoms with E-state index in [1.54, 1.807) is 6.07 Å². The van der Waals surface area contributed by atoms with Gasteiger partial charge in [-0.05, 0) is 31.6 Å². The molecule has 0 fully saturated rings. The van der Waals surface area contributed by atoms with Crippen LogP contribution in [0.3, 0.4) is 0 Å². The molecule has 0 amide bonds. The first-order valence-electron chi connectivity index (χ1n) is 3.50. The first-order chi connectivity index (χ1) is 6.19. The number of hydrogen-bond acceptors (Lipinski definition) is 3. The third kappa shape index (κ3) is 1.79. The van der Waals surface area contributed by atoms with Crippen LogP contribution >= 0.6 is 0 Å². The molecule has 0 aliphatic heterocycles. The number of carboxylic acids is 1. The summed E-state index contributed by atoms with van der Waals surface area (Å²) in [5, 5.41) is 8.66. The van der Waals surface area contributed by atoms with Gasteiger partial charge < -0.3 is 5.11 Å². The minimum absolute atomic E-state index is 0.162. The Hall–Kier alpha value is -1.97. The first kappa shape index (κ1) is 9.12. The molecule has 4 nitrogen and oxygen atoms in total. The summed E-state index contributed by atoms with van der Waals surface area (Å²) in [5.74, 6) is -1.000. The molecule has 0 unspecified atom stereocenters. The van der Waals surface area contributed by atoms with Gasteiger partial charge in [0.2, 0.25) is 0 Å². The Morgan fingerprint density at radius 3 is 2.31 bits per heavy atom. The van der Waals surface area contributed by atoms with Gasteiger partial charge in [0.15, 0.2) is 0 Å². The van der Waals surface area contributed by atoms with Gasteiger partial charge in [-0.15, -0.1) is 0 Å². The van der Waals surface area contributed by atoms with Gasteiger partial charge in [-0.3, -0.25) is 9.98 Å². The van der Waals surface area contributed by atoms with E-state index in [0.29, 0.717) is 11.4 Å². The second-order valence-corrected chi connectivity index (χ2v) is 2.32. The maximum Gasteiger partial charge on any atom is 0.335 e. The molecule has 66 valence electrons. The predicted octanol–water partition coefficient (Wildman–Crippen LogP) is 2.05. The second kappa shape index (κ2) is 3.62. The van der Waals surface area contributed by atoms with Crippen molar-refractivity contribution in [2.24, 2.45) is 9.98 Å². The fourth-order valence-electron chi connectivity index (χ4n) is 0.917. The van der Waals surface area contributed by atoms with Crippen LogP contribution < -0.4 is 0 Å². The molecule has 0 radical (unpaired) electrons. The predicted molar refractivity (Wildman–Crippen MR) is 51.8 cm³/mol. The SMILES string of the molecule is C=Nc1ccc(C(=O)O)cc1N=C. The minimum atomic E-state index is -1.000. The first-order valence-corrected chi connectivity index (χ1v) is 3.50. The monoisotopic (exact) mass is 176 g/mol. The average Bonchev–Trinajstić information content (AvgIpc) is 2.16. The van der Waals surface area contributed by atoms with Crippen LogP contribution in [-0.4, -0.2) is 24.5 Å². The molecule has 13 heavy (non-hydrogen) atoms.